The molecule has 0 bridgehead atoms. The Bertz CT molecular complexity index is 351. The average Bonchev–Trinajstić information content (AvgIpc) is 2.15. The highest BCUT2D eigenvalue weighted by Gasteiger charge is 2.27. The number of hydrogen-bond donors (Lipinski definition) is 1. The zero-order chi connectivity index (χ0) is 11.6. The summed E-state index contributed by atoms with van der Waals surface area (Å²) >= 11 is 5.76. The molecule has 0 heterocycles. The fourth-order valence-electron chi connectivity index (χ4n) is 1.29. The summed E-state index contributed by atoms with van der Waals surface area (Å²) in [4.78, 5) is 11.9. The third-order valence-electron chi connectivity index (χ3n) is 2.25. The molecule has 0 amide bonds. The molecule has 1 aromatic carbocycles. The molecule has 0 aliphatic carbocycles. The van der Waals surface area contributed by atoms with E-state index in [0.29, 0.717) is 5.02 Å². The highest BCUT2D eigenvalue weighted by molar-refractivity contribution is 6.30. The molecule has 2 nitrogen and oxygen atoms in total. The highest BCUT2D eigenvalue weighted by Crippen LogP contribution is 2.24. The Labute approximate surface area is 95.4 Å². The van der Waals surface area contributed by atoms with Crippen molar-refractivity contribution in [2.24, 2.45) is 11.1 Å². The van der Waals surface area contributed by atoms with E-state index in [1.54, 1.807) is 24.3 Å². The van der Waals surface area contributed by atoms with Gasteiger partial charge in [-0.1, -0.05) is 44.5 Å². The molecule has 0 fully saturated rings. The van der Waals surface area contributed by atoms with Crippen LogP contribution >= 0.6 is 11.6 Å². The zero-order valence-electron chi connectivity index (χ0n) is 9.25. The van der Waals surface area contributed by atoms with Crippen molar-refractivity contribution < 1.29 is 4.79 Å². The predicted molar refractivity (Wildman–Crippen MR) is 62.8 cm³/mol. The van der Waals surface area contributed by atoms with E-state index in [4.69, 9.17) is 17.3 Å². The number of ketones is 1. The van der Waals surface area contributed by atoms with Crippen LogP contribution in [0.5, 0.6) is 0 Å². The van der Waals surface area contributed by atoms with Gasteiger partial charge in [0.1, 0.15) is 0 Å². The topological polar surface area (TPSA) is 43.1 Å². The molecule has 82 valence electrons. The summed E-state index contributed by atoms with van der Waals surface area (Å²) < 4.78 is 0. The van der Waals surface area contributed by atoms with Gasteiger partial charge in [-0.3, -0.25) is 4.79 Å². The molecule has 0 saturated heterocycles. The van der Waals surface area contributed by atoms with Crippen molar-refractivity contribution in [2.75, 3.05) is 0 Å². The second-order valence-corrected chi connectivity index (χ2v) is 5.08. The van der Waals surface area contributed by atoms with Crippen molar-refractivity contribution >= 4 is 17.4 Å². The first-order chi connectivity index (χ1) is 6.82. The van der Waals surface area contributed by atoms with Crippen LogP contribution in [-0.4, -0.2) is 5.78 Å². The summed E-state index contributed by atoms with van der Waals surface area (Å²) in [5, 5.41) is 0.647. The van der Waals surface area contributed by atoms with Gasteiger partial charge in [-0.15, -0.1) is 0 Å². The molecule has 15 heavy (non-hydrogen) atoms. The summed E-state index contributed by atoms with van der Waals surface area (Å²) in [7, 11) is 0. The van der Waals surface area contributed by atoms with E-state index in [9.17, 15) is 4.79 Å². The highest BCUT2D eigenvalue weighted by atomic mass is 35.5. The summed E-state index contributed by atoms with van der Waals surface area (Å²) in [6, 6.07) is 6.49. The van der Waals surface area contributed by atoms with Gasteiger partial charge in [-0.05, 0) is 17.7 Å². The Hall–Kier alpha value is -0.860. The Balaban J connectivity index is 2.90. The van der Waals surface area contributed by atoms with Crippen molar-refractivity contribution in [3.05, 3.63) is 34.9 Å². The molecule has 1 unspecified atom stereocenters. The quantitative estimate of drug-likeness (QED) is 0.841. The second kappa shape index (κ2) is 4.33. The smallest absolute Gasteiger partial charge is 0.159 e. The largest absolute Gasteiger partial charge is 0.318 e. The Morgan fingerprint density at radius 1 is 1.27 bits per heavy atom. The van der Waals surface area contributed by atoms with Crippen molar-refractivity contribution in [1.82, 2.24) is 0 Å². The van der Waals surface area contributed by atoms with Crippen molar-refractivity contribution in [1.29, 1.82) is 0 Å². The molecule has 0 aliphatic rings. The van der Waals surface area contributed by atoms with Gasteiger partial charge in [0.25, 0.3) is 0 Å². The predicted octanol–water partition coefficient (Wildman–Crippen LogP) is 2.96. The van der Waals surface area contributed by atoms with E-state index in [1.165, 1.54) is 0 Å². The van der Waals surface area contributed by atoms with Crippen molar-refractivity contribution in [3.8, 4) is 0 Å². The standard InChI is InChI=1S/C12H16ClNO/c1-12(2,3)11(15)10(14)8-4-6-9(13)7-5-8/h4-7,10H,14H2,1-3H3. The minimum absolute atomic E-state index is 0.0322. The van der Waals surface area contributed by atoms with Gasteiger partial charge in [0.05, 0.1) is 6.04 Å². The van der Waals surface area contributed by atoms with Crippen LogP contribution in [0.2, 0.25) is 5.02 Å². The number of carbonyl (C=O) groups excluding carboxylic acids is 1. The van der Waals surface area contributed by atoms with E-state index in [-0.39, 0.29) is 5.78 Å². The molecule has 0 spiro atoms. The van der Waals surface area contributed by atoms with Crippen LogP contribution in [0, 0.1) is 5.41 Å². The van der Waals surface area contributed by atoms with Crippen LogP contribution in [0.4, 0.5) is 0 Å². The number of halogens is 1. The van der Waals surface area contributed by atoms with Crippen molar-refractivity contribution in [3.63, 3.8) is 0 Å². The molecule has 1 rings (SSSR count). The molecular weight excluding hydrogens is 210 g/mol. The molecule has 3 heteroatoms. The van der Waals surface area contributed by atoms with Crippen LogP contribution < -0.4 is 5.73 Å². The molecule has 1 aromatic rings. The minimum atomic E-state index is -0.567. The van der Waals surface area contributed by atoms with E-state index < -0.39 is 11.5 Å². The van der Waals surface area contributed by atoms with Gasteiger partial charge in [0.15, 0.2) is 5.78 Å². The Kier molecular flexibility index (Phi) is 3.53. The Morgan fingerprint density at radius 3 is 2.13 bits per heavy atom. The maximum Gasteiger partial charge on any atom is 0.159 e. The number of Topliss-reactive ketones (excluding diaryl/α,β-unsaturated/α-hetero) is 1. The lowest BCUT2D eigenvalue weighted by atomic mass is 9.84. The first-order valence-corrected chi connectivity index (χ1v) is 5.25. The van der Waals surface area contributed by atoms with Crippen LogP contribution in [0.25, 0.3) is 0 Å². The summed E-state index contributed by atoms with van der Waals surface area (Å²) in [5.41, 5.74) is 6.27. The lowest BCUT2D eigenvalue weighted by Crippen LogP contribution is -2.31. The van der Waals surface area contributed by atoms with Gasteiger partial charge in [0, 0.05) is 10.4 Å². The second-order valence-electron chi connectivity index (χ2n) is 4.64. The Morgan fingerprint density at radius 2 is 1.73 bits per heavy atom. The lowest BCUT2D eigenvalue weighted by molar-refractivity contribution is -0.127. The molecule has 1 atom stereocenters. The average molecular weight is 226 g/mol. The third-order valence-corrected chi connectivity index (χ3v) is 2.50. The maximum atomic E-state index is 11.9. The number of hydrogen-bond acceptors (Lipinski definition) is 2. The normalized spacial score (nSPS) is 13.7. The minimum Gasteiger partial charge on any atom is -0.318 e. The molecule has 0 aromatic heterocycles. The first kappa shape index (κ1) is 12.2. The van der Waals surface area contributed by atoms with Gasteiger partial charge >= 0.3 is 0 Å². The van der Waals surface area contributed by atoms with Crippen LogP contribution in [0.1, 0.15) is 32.4 Å². The molecule has 0 radical (unpaired) electrons. The number of nitrogens with two attached hydrogens (primary N) is 1. The fraction of sp³-hybridized carbons (Fsp3) is 0.417. The third kappa shape index (κ3) is 3.05. The molecule has 0 saturated carbocycles. The number of carbonyl (C=O) groups is 1. The first-order valence-electron chi connectivity index (χ1n) is 4.88. The van der Waals surface area contributed by atoms with Crippen LogP contribution in [0.3, 0.4) is 0 Å². The van der Waals surface area contributed by atoms with Crippen molar-refractivity contribution in [2.45, 2.75) is 26.8 Å². The van der Waals surface area contributed by atoms with E-state index in [2.05, 4.69) is 0 Å². The summed E-state index contributed by atoms with van der Waals surface area (Å²) in [6.45, 7) is 5.60. The molecule has 0 aliphatic heterocycles. The molecular formula is C12H16ClNO. The van der Waals surface area contributed by atoms with Gasteiger partial charge in [0.2, 0.25) is 0 Å². The van der Waals surface area contributed by atoms with E-state index in [1.807, 2.05) is 20.8 Å². The summed E-state index contributed by atoms with van der Waals surface area (Å²) in [5.74, 6) is 0.0322. The number of rotatable bonds is 2. The van der Waals surface area contributed by atoms with E-state index >= 15 is 0 Å². The number of benzene rings is 1. The fourth-order valence-corrected chi connectivity index (χ4v) is 1.41. The van der Waals surface area contributed by atoms with Crippen LogP contribution in [0.15, 0.2) is 24.3 Å². The summed E-state index contributed by atoms with van der Waals surface area (Å²) in [6.07, 6.45) is 0. The lowest BCUT2D eigenvalue weighted by Gasteiger charge is -2.21. The van der Waals surface area contributed by atoms with Gasteiger partial charge in [-0.2, -0.15) is 0 Å². The zero-order valence-corrected chi connectivity index (χ0v) is 10.0. The van der Waals surface area contributed by atoms with E-state index in [0.717, 1.165) is 5.56 Å². The van der Waals surface area contributed by atoms with Gasteiger partial charge in [-0.25, -0.2) is 0 Å². The van der Waals surface area contributed by atoms with Gasteiger partial charge < -0.3 is 5.73 Å². The van der Waals surface area contributed by atoms with Crippen LogP contribution in [-0.2, 0) is 4.79 Å². The monoisotopic (exact) mass is 225 g/mol. The SMILES string of the molecule is CC(C)(C)C(=O)C(N)c1ccc(Cl)cc1. The maximum absolute atomic E-state index is 11.9. The molecule has 2 N–H and O–H groups in total.